The molecule has 0 aliphatic heterocycles. The molecule has 0 aromatic carbocycles. The number of aliphatic hydroxyl groups is 2. The first kappa shape index (κ1) is 26.3. The molecule has 0 amide bonds. The summed E-state index contributed by atoms with van der Waals surface area (Å²) in [5.74, 6) is 0.670. The third kappa shape index (κ3) is 4.36. The van der Waals surface area contributed by atoms with Crippen molar-refractivity contribution >= 4 is 18.1 Å². The summed E-state index contributed by atoms with van der Waals surface area (Å²) < 4.78 is 6.14. The first-order valence-corrected chi connectivity index (χ1v) is 13.2. The first-order chi connectivity index (χ1) is 16.5. The largest absolute Gasteiger partial charge is 0.389 e. The van der Waals surface area contributed by atoms with Crippen LogP contribution in [0.1, 0.15) is 78.1 Å². The maximum atomic E-state index is 12.3. The Balaban J connectivity index is 1.49. The Labute approximate surface area is 208 Å². The van der Waals surface area contributed by atoms with Crippen LogP contribution in [0.25, 0.3) is 0 Å². The van der Waals surface area contributed by atoms with E-state index in [1.54, 1.807) is 0 Å². The monoisotopic (exact) mass is 491 g/mol. The SMILES string of the molecule is C[C@]12CC[C@H](OCCCN)C[C@H]1CC[C@@H]1[C@@H]2CC[C@]2(C)[C@@](O)(/C=N/NC(=N)N=C(N)N)CC[C@]12O. The molecule has 0 radical (unpaired) electrons. The molecular weight excluding hydrogens is 446 g/mol. The number of hydrogen-bond acceptors (Lipinski definition) is 6. The number of ether oxygens (including phenoxy) is 1. The van der Waals surface area contributed by atoms with Crippen LogP contribution >= 0.6 is 0 Å². The Morgan fingerprint density at radius 1 is 1.09 bits per heavy atom. The van der Waals surface area contributed by atoms with Gasteiger partial charge in [-0.15, -0.1) is 0 Å². The van der Waals surface area contributed by atoms with Gasteiger partial charge in [-0.25, -0.2) is 5.43 Å². The molecule has 8 atom stereocenters. The second kappa shape index (κ2) is 9.61. The number of nitrogens with zero attached hydrogens (tertiary/aromatic N) is 2. The van der Waals surface area contributed by atoms with Gasteiger partial charge in [-0.2, -0.15) is 10.1 Å². The van der Waals surface area contributed by atoms with Crippen molar-refractivity contribution in [3.63, 3.8) is 0 Å². The summed E-state index contributed by atoms with van der Waals surface area (Å²) in [4.78, 5) is 3.59. The zero-order chi connectivity index (χ0) is 25.5. The van der Waals surface area contributed by atoms with Crippen molar-refractivity contribution in [1.29, 1.82) is 5.41 Å². The highest BCUT2D eigenvalue weighted by Crippen LogP contribution is 2.69. The van der Waals surface area contributed by atoms with Crippen LogP contribution in [0.2, 0.25) is 0 Å². The smallest absolute Gasteiger partial charge is 0.239 e. The van der Waals surface area contributed by atoms with Gasteiger partial charge in [-0.05, 0) is 93.9 Å². The molecule has 10 N–H and O–H groups in total. The lowest BCUT2D eigenvalue weighted by Crippen LogP contribution is -2.65. The molecule has 0 aromatic heterocycles. The van der Waals surface area contributed by atoms with Crippen LogP contribution in [0.5, 0.6) is 0 Å². The Morgan fingerprint density at radius 2 is 1.86 bits per heavy atom. The van der Waals surface area contributed by atoms with Gasteiger partial charge in [0.05, 0.1) is 17.9 Å². The summed E-state index contributed by atoms with van der Waals surface area (Å²) >= 11 is 0. The second-order valence-corrected chi connectivity index (χ2v) is 11.9. The van der Waals surface area contributed by atoms with Crippen LogP contribution in [0, 0.1) is 34.0 Å². The number of fused-ring (bicyclic) bond motifs is 5. The molecule has 0 spiro atoms. The highest BCUT2D eigenvalue weighted by Gasteiger charge is 2.71. The van der Waals surface area contributed by atoms with Gasteiger partial charge in [-0.3, -0.25) is 5.41 Å². The predicted octanol–water partition coefficient (Wildman–Crippen LogP) is 1.39. The Kier molecular flexibility index (Phi) is 7.23. The van der Waals surface area contributed by atoms with Crippen molar-refractivity contribution in [2.75, 3.05) is 13.2 Å². The molecule has 0 saturated heterocycles. The molecule has 0 aromatic rings. The molecule has 10 nitrogen and oxygen atoms in total. The maximum Gasteiger partial charge on any atom is 0.239 e. The molecule has 0 heterocycles. The molecule has 0 unspecified atom stereocenters. The van der Waals surface area contributed by atoms with E-state index in [0.29, 0.717) is 37.3 Å². The van der Waals surface area contributed by atoms with Gasteiger partial charge in [0.2, 0.25) is 5.96 Å². The zero-order valence-corrected chi connectivity index (χ0v) is 21.3. The van der Waals surface area contributed by atoms with Crippen LogP contribution < -0.4 is 22.6 Å². The second-order valence-electron chi connectivity index (χ2n) is 11.9. The quantitative estimate of drug-likeness (QED) is 0.126. The summed E-state index contributed by atoms with van der Waals surface area (Å²) in [6, 6.07) is 0. The van der Waals surface area contributed by atoms with E-state index in [9.17, 15) is 10.2 Å². The minimum absolute atomic E-state index is 0.160. The summed E-state index contributed by atoms with van der Waals surface area (Å²) in [5, 5.41) is 35.7. The lowest BCUT2D eigenvalue weighted by Gasteiger charge is -2.64. The molecular formula is C25H45N7O3. The fourth-order valence-corrected chi connectivity index (χ4v) is 8.29. The zero-order valence-electron chi connectivity index (χ0n) is 21.3. The minimum atomic E-state index is -1.27. The van der Waals surface area contributed by atoms with Crippen molar-refractivity contribution in [2.45, 2.75) is 95.4 Å². The predicted molar refractivity (Wildman–Crippen MR) is 137 cm³/mol. The molecule has 4 aliphatic rings. The average molecular weight is 492 g/mol. The fraction of sp³-hybridized carbons (Fsp3) is 0.880. The molecule has 4 fully saturated rings. The molecule has 35 heavy (non-hydrogen) atoms. The number of nitrogens with two attached hydrogens (primary N) is 3. The maximum absolute atomic E-state index is 12.3. The minimum Gasteiger partial charge on any atom is -0.389 e. The Hall–Kier alpha value is -1.75. The Morgan fingerprint density at radius 3 is 2.57 bits per heavy atom. The van der Waals surface area contributed by atoms with Gasteiger partial charge in [0.15, 0.2) is 5.96 Å². The van der Waals surface area contributed by atoms with Crippen molar-refractivity contribution in [3.8, 4) is 0 Å². The lowest BCUT2D eigenvalue weighted by atomic mass is 9.43. The summed E-state index contributed by atoms with van der Waals surface area (Å²) in [5.41, 5.74) is 15.9. The third-order valence-corrected chi connectivity index (χ3v) is 10.4. The number of rotatable bonds is 6. The van der Waals surface area contributed by atoms with Crippen LogP contribution in [0.4, 0.5) is 0 Å². The van der Waals surface area contributed by atoms with Gasteiger partial charge < -0.3 is 32.2 Å². The van der Waals surface area contributed by atoms with Crippen LogP contribution in [0.15, 0.2) is 10.1 Å². The van der Waals surface area contributed by atoms with Gasteiger partial charge in [0.1, 0.15) is 5.60 Å². The average Bonchev–Trinajstić information content (AvgIpc) is 3.00. The summed E-state index contributed by atoms with van der Waals surface area (Å²) in [7, 11) is 0. The van der Waals surface area contributed by atoms with E-state index >= 15 is 0 Å². The molecule has 4 aliphatic carbocycles. The Bertz CT molecular complexity index is 864. The number of hydrogen-bond donors (Lipinski definition) is 7. The van der Waals surface area contributed by atoms with Gasteiger partial charge in [0.25, 0.3) is 0 Å². The van der Waals surface area contributed by atoms with Crippen LogP contribution in [0.3, 0.4) is 0 Å². The van der Waals surface area contributed by atoms with E-state index in [4.69, 9.17) is 27.3 Å². The summed E-state index contributed by atoms with van der Waals surface area (Å²) in [6.07, 6.45) is 10.7. The molecule has 10 heteroatoms. The van der Waals surface area contributed by atoms with Crippen molar-refractivity contribution in [1.82, 2.24) is 5.43 Å². The first-order valence-electron chi connectivity index (χ1n) is 13.2. The molecule has 4 saturated carbocycles. The van der Waals surface area contributed by atoms with E-state index in [2.05, 4.69) is 22.4 Å². The summed E-state index contributed by atoms with van der Waals surface area (Å²) in [6.45, 7) is 5.87. The highest BCUT2D eigenvalue weighted by molar-refractivity contribution is 5.91. The van der Waals surface area contributed by atoms with Crippen molar-refractivity contribution < 1.29 is 14.9 Å². The van der Waals surface area contributed by atoms with E-state index in [0.717, 1.165) is 58.0 Å². The molecule has 4 rings (SSSR count). The number of hydrazone groups is 1. The van der Waals surface area contributed by atoms with E-state index < -0.39 is 16.6 Å². The number of guanidine groups is 2. The fourth-order valence-electron chi connectivity index (χ4n) is 8.29. The number of aliphatic imine (C=N–C) groups is 1. The van der Waals surface area contributed by atoms with Crippen LogP contribution in [-0.4, -0.2) is 58.8 Å². The number of nitrogens with one attached hydrogen (secondary N) is 2. The molecule has 0 bridgehead atoms. The van der Waals surface area contributed by atoms with Gasteiger partial charge in [0, 0.05) is 12.0 Å². The van der Waals surface area contributed by atoms with E-state index in [-0.39, 0.29) is 23.3 Å². The molecule has 198 valence electrons. The normalized spacial score (nSPS) is 44.8. The topological polar surface area (TPSA) is 188 Å². The van der Waals surface area contributed by atoms with Crippen molar-refractivity contribution in [2.24, 2.45) is 55.9 Å². The van der Waals surface area contributed by atoms with Gasteiger partial charge in [-0.1, -0.05) is 13.8 Å². The third-order valence-electron chi connectivity index (χ3n) is 10.4. The van der Waals surface area contributed by atoms with Gasteiger partial charge >= 0.3 is 0 Å². The lowest BCUT2D eigenvalue weighted by molar-refractivity contribution is -0.225. The van der Waals surface area contributed by atoms with Crippen molar-refractivity contribution in [3.05, 3.63) is 0 Å². The highest BCUT2D eigenvalue weighted by atomic mass is 16.5. The van der Waals surface area contributed by atoms with E-state index in [1.165, 1.54) is 6.21 Å². The van der Waals surface area contributed by atoms with E-state index in [1.807, 2.05) is 6.92 Å². The van der Waals surface area contributed by atoms with Crippen LogP contribution in [-0.2, 0) is 4.74 Å². The standard InChI is InChI=1S/C25H45N7O3/c1-22-8-6-17(35-13-3-12-26)14-16(22)4-5-19-18(22)7-9-23(2)24(33,10-11-25(19,23)34)15-30-32-21(29)31-20(27)28/h15-19,33-34H,3-14,26H2,1-2H3,(H6,27,28,29,31,32)/b30-15+/t16-,17+,18+,19-,22+,23-,24+,25+/m1/s1.